The Kier molecular flexibility index (Phi) is 10.0. The summed E-state index contributed by atoms with van der Waals surface area (Å²) in [4.78, 5) is 7.56. The molecule has 6 nitrogen and oxygen atoms in total. The summed E-state index contributed by atoms with van der Waals surface area (Å²) in [5.74, 6) is 3.83. The summed E-state index contributed by atoms with van der Waals surface area (Å²) in [6.45, 7) is 9.90. The number of aromatic nitrogens is 4. The fourth-order valence-corrected chi connectivity index (χ4v) is 5.23. The highest BCUT2D eigenvalue weighted by Crippen LogP contribution is 2.21. The first-order chi connectivity index (χ1) is 16.5. The van der Waals surface area contributed by atoms with E-state index in [4.69, 9.17) is 4.74 Å². The fourth-order valence-electron chi connectivity index (χ4n) is 3.19. The molecule has 0 bridgehead atoms. The highest BCUT2D eigenvalue weighted by Gasteiger charge is 2.12. The zero-order valence-electron chi connectivity index (χ0n) is 19.5. The van der Waals surface area contributed by atoms with Gasteiger partial charge in [0.1, 0.15) is 18.2 Å². The average Bonchev–Trinajstić information content (AvgIpc) is 3.38. The monoisotopic (exact) mass is 499 g/mol. The molecule has 0 radical (unpaired) electrons. The van der Waals surface area contributed by atoms with Crippen molar-refractivity contribution in [2.75, 3.05) is 17.3 Å². The van der Waals surface area contributed by atoms with Gasteiger partial charge in [-0.15, -0.1) is 10.2 Å². The molecule has 1 aromatic carbocycles. The molecule has 1 N–H and O–H groups in total. The Hall–Kier alpha value is -2.78. The molecule has 0 saturated heterocycles. The van der Waals surface area contributed by atoms with Crippen LogP contribution in [-0.4, -0.2) is 49.8 Å². The van der Waals surface area contributed by atoms with Crippen LogP contribution in [0.5, 0.6) is 0 Å². The van der Waals surface area contributed by atoms with Crippen LogP contribution in [0.3, 0.4) is 0 Å². The molecule has 0 spiro atoms. The third-order valence-corrected chi connectivity index (χ3v) is 7.41. The van der Waals surface area contributed by atoms with Crippen molar-refractivity contribution in [3.63, 3.8) is 0 Å². The normalized spacial score (nSPS) is 12.7. The number of benzene rings is 1. The number of nitrogens with one attached hydrogen (secondary N) is 1. The maximum atomic E-state index is 13.4. The first-order valence-electron chi connectivity index (χ1n) is 10.9. The molecule has 0 aliphatic rings. The third-order valence-electron chi connectivity index (χ3n) is 5.02. The summed E-state index contributed by atoms with van der Waals surface area (Å²) in [5, 5.41) is 10.4. The number of allylic oxidation sites excluding steroid dienone is 4. The molecule has 0 amide bonds. The molecule has 180 valence electrons. The molecule has 0 aliphatic carbocycles. The van der Waals surface area contributed by atoms with E-state index in [1.54, 1.807) is 17.8 Å². The topological polar surface area (TPSA) is 68.1 Å². The van der Waals surface area contributed by atoms with Crippen molar-refractivity contribution < 1.29 is 9.13 Å². The molecule has 9 heteroatoms. The molecule has 2 aromatic heterocycles. The van der Waals surface area contributed by atoms with Crippen LogP contribution in [0.15, 0.2) is 71.1 Å². The van der Waals surface area contributed by atoms with Crippen LogP contribution in [0.1, 0.15) is 18.4 Å². The summed E-state index contributed by atoms with van der Waals surface area (Å²) in [6, 6.07) is 6.93. The average molecular weight is 500 g/mol. The fraction of sp³-hybridized carbons (Fsp3) is 0.320. The lowest BCUT2D eigenvalue weighted by molar-refractivity contribution is 0.201. The predicted octanol–water partition coefficient (Wildman–Crippen LogP) is 5.74. The van der Waals surface area contributed by atoms with Gasteiger partial charge >= 0.3 is 0 Å². The van der Waals surface area contributed by atoms with Crippen molar-refractivity contribution in [1.82, 2.24) is 19.7 Å². The molecule has 0 aliphatic heterocycles. The third kappa shape index (κ3) is 7.63. The van der Waals surface area contributed by atoms with Crippen LogP contribution in [0.25, 0.3) is 10.9 Å². The molecule has 34 heavy (non-hydrogen) atoms. The lowest BCUT2D eigenvalue weighted by atomic mass is 10.2. The van der Waals surface area contributed by atoms with E-state index >= 15 is 0 Å². The van der Waals surface area contributed by atoms with Crippen LogP contribution >= 0.6 is 23.5 Å². The highest BCUT2D eigenvalue weighted by atomic mass is 32.2. The van der Waals surface area contributed by atoms with E-state index in [0.717, 1.165) is 51.3 Å². The SMILES string of the molecule is C=NC(CSCCSc1nnc(COC(=C)/C=C\C=C/C)n1C)Cc1cc2ccc(F)cc2[nH]1. The van der Waals surface area contributed by atoms with Gasteiger partial charge in [-0.05, 0) is 49.4 Å². The van der Waals surface area contributed by atoms with E-state index in [-0.39, 0.29) is 11.9 Å². The van der Waals surface area contributed by atoms with E-state index in [0.29, 0.717) is 12.4 Å². The van der Waals surface area contributed by atoms with Gasteiger partial charge in [0.25, 0.3) is 0 Å². The predicted molar refractivity (Wildman–Crippen MR) is 142 cm³/mol. The summed E-state index contributed by atoms with van der Waals surface area (Å²) >= 11 is 3.50. The van der Waals surface area contributed by atoms with E-state index in [1.807, 2.05) is 54.6 Å². The van der Waals surface area contributed by atoms with E-state index in [2.05, 4.69) is 39.5 Å². The number of hydrogen-bond acceptors (Lipinski definition) is 6. The number of aliphatic imine (C=N–C) groups is 1. The Labute approximate surface area is 208 Å². The minimum atomic E-state index is -0.238. The van der Waals surface area contributed by atoms with Gasteiger partial charge in [0.2, 0.25) is 0 Å². The van der Waals surface area contributed by atoms with Crippen LogP contribution in [0, 0.1) is 5.82 Å². The largest absolute Gasteiger partial charge is 0.486 e. The Morgan fingerprint density at radius 2 is 2.15 bits per heavy atom. The van der Waals surface area contributed by atoms with Crippen molar-refractivity contribution in [2.24, 2.45) is 12.0 Å². The molecule has 0 fully saturated rings. The van der Waals surface area contributed by atoms with Crippen LogP contribution in [-0.2, 0) is 24.8 Å². The number of hydrogen-bond donors (Lipinski definition) is 1. The van der Waals surface area contributed by atoms with Gasteiger partial charge in [0.15, 0.2) is 11.0 Å². The number of ether oxygens (including phenoxy) is 1. The number of rotatable bonds is 14. The van der Waals surface area contributed by atoms with Crippen molar-refractivity contribution in [1.29, 1.82) is 0 Å². The van der Waals surface area contributed by atoms with Gasteiger partial charge in [-0.2, -0.15) is 11.8 Å². The van der Waals surface area contributed by atoms with Crippen molar-refractivity contribution in [3.8, 4) is 0 Å². The maximum absolute atomic E-state index is 13.4. The molecule has 0 saturated carbocycles. The second kappa shape index (κ2) is 13.2. The molecule has 3 rings (SSSR count). The molecule has 3 aromatic rings. The lowest BCUT2D eigenvalue weighted by Crippen LogP contribution is -2.12. The van der Waals surface area contributed by atoms with Gasteiger partial charge < -0.3 is 14.3 Å². The van der Waals surface area contributed by atoms with Gasteiger partial charge in [-0.1, -0.05) is 36.6 Å². The molecule has 1 unspecified atom stereocenters. The molecule has 1 atom stereocenters. The smallest absolute Gasteiger partial charge is 0.191 e. The van der Waals surface area contributed by atoms with Crippen molar-refractivity contribution >= 4 is 41.1 Å². The lowest BCUT2D eigenvalue weighted by Gasteiger charge is -2.10. The minimum Gasteiger partial charge on any atom is -0.486 e. The first-order valence-corrected chi connectivity index (χ1v) is 13.1. The Morgan fingerprint density at radius 1 is 1.29 bits per heavy atom. The number of aromatic amines is 1. The van der Waals surface area contributed by atoms with Crippen molar-refractivity contribution in [2.45, 2.75) is 31.1 Å². The highest BCUT2D eigenvalue weighted by molar-refractivity contribution is 8.02. The zero-order chi connectivity index (χ0) is 24.3. The number of thioether (sulfide) groups is 2. The summed E-state index contributed by atoms with van der Waals surface area (Å²) in [6.07, 6.45) is 8.30. The number of halogens is 1. The summed E-state index contributed by atoms with van der Waals surface area (Å²) in [7, 11) is 1.94. The number of H-pyrrole nitrogens is 1. The Balaban J connectivity index is 1.39. The number of fused-ring (bicyclic) bond motifs is 1. The minimum absolute atomic E-state index is 0.0986. The quantitative estimate of drug-likeness (QED) is 0.101. The van der Waals surface area contributed by atoms with E-state index < -0.39 is 0 Å². The second-order valence-corrected chi connectivity index (χ2v) is 9.80. The summed E-state index contributed by atoms with van der Waals surface area (Å²) in [5.41, 5.74) is 1.85. The second-order valence-electron chi connectivity index (χ2n) is 7.59. The Bertz CT molecular complexity index is 1170. The van der Waals surface area contributed by atoms with Crippen molar-refractivity contribution in [3.05, 3.63) is 78.2 Å². The van der Waals surface area contributed by atoms with Crippen LogP contribution in [0.4, 0.5) is 4.39 Å². The zero-order valence-corrected chi connectivity index (χ0v) is 21.2. The Morgan fingerprint density at radius 3 is 2.94 bits per heavy atom. The van der Waals surface area contributed by atoms with Gasteiger partial charge in [-0.25, -0.2) is 4.39 Å². The van der Waals surface area contributed by atoms with Gasteiger partial charge in [-0.3, -0.25) is 4.99 Å². The van der Waals surface area contributed by atoms with Crippen LogP contribution in [0.2, 0.25) is 0 Å². The molecule has 2 heterocycles. The van der Waals surface area contributed by atoms with E-state index in [9.17, 15) is 4.39 Å². The van der Waals surface area contributed by atoms with Gasteiger partial charge in [0.05, 0.1) is 6.04 Å². The van der Waals surface area contributed by atoms with E-state index in [1.165, 1.54) is 12.1 Å². The first kappa shape index (κ1) is 25.8. The maximum Gasteiger partial charge on any atom is 0.191 e. The standard InChI is InChI=1S/C25H30FN5OS2/c1-5-6-7-8-18(2)32-16-24-29-30-25(31(24)4)34-12-11-33-17-22(27-3)15-21-13-19-9-10-20(26)14-23(19)28-21/h5-10,13-14,22,28H,2-3,11-12,15-17H2,1,4H3/b6-5-,8-7-. The molecular weight excluding hydrogens is 469 g/mol. The van der Waals surface area contributed by atoms with Gasteiger partial charge in [0, 0.05) is 41.9 Å². The summed E-state index contributed by atoms with van der Waals surface area (Å²) < 4.78 is 21.0. The molecular formula is C25H30FN5OS2. The van der Waals surface area contributed by atoms with Crippen LogP contribution < -0.4 is 0 Å². The number of nitrogens with zero attached hydrogens (tertiary/aromatic N) is 4.